The highest BCUT2D eigenvalue weighted by molar-refractivity contribution is 7.47. The molecule has 450 valence electrons. The number of aliphatic hydroxyl groups excluding tert-OH is 1. The van der Waals surface area contributed by atoms with Gasteiger partial charge in [-0.3, -0.25) is 37.3 Å². The van der Waals surface area contributed by atoms with Gasteiger partial charge < -0.3 is 33.8 Å². The summed E-state index contributed by atoms with van der Waals surface area (Å²) in [5.41, 5.74) is 0. The normalized spacial score (nSPS) is 14.6. The van der Waals surface area contributed by atoms with Crippen LogP contribution in [-0.2, 0) is 65.4 Å². The molecule has 0 amide bonds. The summed E-state index contributed by atoms with van der Waals surface area (Å²) in [4.78, 5) is 71.6. The summed E-state index contributed by atoms with van der Waals surface area (Å²) in [6, 6.07) is 0. The lowest BCUT2D eigenvalue weighted by Crippen LogP contribution is -2.30. The second-order valence-electron chi connectivity index (χ2n) is 22.1. The van der Waals surface area contributed by atoms with Crippen LogP contribution in [0.1, 0.15) is 267 Å². The van der Waals surface area contributed by atoms with E-state index in [-0.39, 0.29) is 25.7 Å². The predicted molar refractivity (Wildman–Crippen MR) is 298 cm³/mol. The molecule has 0 aromatic carbocycles. The minimum atomic E-state index is -4.94. The Labute approximate surface area is 460 Å². The molecule has 17 nitrogen and oxygen atoms in total. The third kappa shape index (κ3) is 51.5. The Hall–Kier alpha value is -1.94. The largest absolute Gasteiger partial charge is 0.472 e. The molecule has 0 saturated heterocycles. The van der Waals surface area contributed by atoms with Crippen molar-refractivity contribution < 1.29 is 80.2 Å². The first-order valence-electron chi connectivity index (χ1n) is 29.8. The van der Waals surface area contributed by atoms with E-state index in [0.29, 0.717) is 37.5 Å². The molecular weight excluding hydrogens is 1020 g/mol. The molecule has 0 radical (unpaired) electrons. The monoisotopic (exact) mass is 1130 g/mol. The number of aliphatic hydroxyl groups is 1. The van der Waals surface area contributed by atoms with Crippen molar-refractivity contribution in [1.82, 2.24) is 0 Å². The number of unbranched alkanes of at least 4 members (excludes halogenated alkanes) is 23. The third-order valence-electron chi connectivity index (χ3n) is 12.9. The van der Waals surface area contributed by atoms with E-state index in [2.05, 4.69) is 48.5 Å². The average molecular weight is 1130 g/mol. The molecule has 3 N–H and O–H groups in total. The predicted octanol–water partition coefficient (Wildman–Crippen LogP) is 14.8. The molecule has 0 fully saturated rings. The van der Waals surface area contributed by atoms with Crippen LogP contribution in [0.15, 0.2) is 0 Å². The maximum absolute atomic E-state index is 12.9. The van der Waals surface area contributed by atoms with Crippen LogP contribution in [0, 0.1) is 17.8 Å². The van der Waals surface area contributed by atoms with Gasteiger partial charge in [0.2, 0.25) is 0 Å². The van der Waals surface area contributed by atoms with Crippen LogP contribution in [0.3, 0.4) is 0 Å². The van der Waals surface area contributed by atoms with Crippen molar-refractivity contribution >= 4 is 39.5 Å². The molecule has 0 saturated carbocycles. The number of ether oxygens (including phenoxy) is 4. The van der Waals surface area contributed by atoms with Crippen LogP contribution in [0.2, 0.25) is 0 Å². The van der Waals surface area contributed by atoms with E-state index in [1.807, 2.05) is 0 Å². The van der Waals surface area contributed by atoms with E-state index in [0.717, 1.165) is 109 Å². The highest BCUT2D eigenvalue weighted by atomic mass is 31.2. The number of hydrogen-bond acceptors (Lipinski definition) is 15. The lowest BCUT2D eigenvalue weighted by molar-refractivity contribution is -0.161. The van der Waals surface area contributed by atoms with E-state index < -0.39 is 97.5 Å². The maximum Gasteiger partial charge on any atom is 0.472 e. The SMILES string of the molecule is CCCCCCCC(=O)OC[C@H](COP(=O)(O)OC[C@H](O)COP(=O)(O)OC[C@@H](COC(=O)CCCCCCCCCC(C)C)OC(=O)CCCCCCCCCCCC(C)C)OC(=O)CCCCCCCCC(C)C. The Balaban J connectivity index is 5.20. The van der Waals surface area contributed by atoms with E-state index >= 15 is 0 Å². The summed E-state index contributed by atoms with van der Waals surface area (Å²) in [6.45, 7) is 11.5. The van der Waals surface area contributed by atoms with Crippen molar-refractivity contribution in [3.05, 3.63) is 0 Å². The first-order chi connectivity index (χ1) is 36.2. The maximum atomic E-state index is 12.9. The Kier molecular flexibility index (Phi) is 47.7. The summed E-state index contributed by atoms with van der Waals surface area (Å²) in [5.74, 6) is -0.0503. The molecule has 5 atom stereocenters. The smallest absolute Gasteiger partial charge is 0.462 e. The number of phosphoric acid groups is 2. The summed E-state index contributed by atoms with van der Waals surface area (Å²) >= 11 is 0. The van der Waals surface area contributed by atoms with Crippen LogP contribution in [0.5, 0.6) is 0 Å². The van der Waals surface area contributed by atoms with Gasteiger partial charge in [-0.25, -0.2) is 9.13 Å². The second-order valence-corrected chi connectivity index (χ2v) is 25.0. The van der Waals surface area contributed by atoms with E-state index in [4.69, 9.17) is 37.0 Å². The van der Waals surface area contributed by atoms with Crippen molar-refractivity contribution in [2.45, 2.75) is 285 Å². The summed E-state index contributed by atoms with van der Waals surface area (Å²) in [5, 5.41) is 10.5. The first-order valence-corrected chi connectivity index (χ1v) is 32.8. The molecule has 0 aromatic rings. The van der Waals surface area contributed by atoms with Crippen LogP contribution in [-0.4, -0.2) is 96.7 Å². The number of hydrogen-bond donors (Lipinski definition) is 3. The van der Waals surface area contributed by atoms with Gasteiger partial charge in [0.15, 0.2) is 12.2 Å². The summed E-state index contributed by atoms with van der Waals surface area (Å²) in [7, 11) is -9.86. The molecule has 76 heavy (non-hydrogen) atoms. The Morgan fingerprint density at radius 1 is 0.355 bits per heavy atom. The number of phosphoric ester groups is 2. The van der Waals surface area contributed by atoms with Crippen LogP contribution >= 0.6 is 15.6 Å². The molecular formula is C57H110O17P2. The molecule has 0 aliphatic heterocycles. The number of carbonyl (C=O) groups excluding carboxylic acids is 4. The molecule has 0 aliphatic rings. The Morgan fingerprint density at radius 3 is 0.895 bits per heavy atom. The third-order valence-corrected chi connectivity index (χ3v) is 14.8. The van der Waals surface area contributed by atoms with E-state index in [1.165, 1.54) is 64.2 Å². The zero-order valence-corrected chi connectivity index (χ0v) is 50.5. The van der Waals surface area contributed by atoms with Crippen LogP contribution < -0.4 is 0 Å². The lowest BCUT2D eigenvalue weighted by atomic mass is 10.0. The van der Waals surface area contributed by atoms with Crippen LogP contribution in [0.4, 0.5) is 0 Å². The van der Waals surface area contributed by atoms with Gasteiger partial charge in [-0.05, 0) is 43.4 Å². The molecule has 0 spiro atoms. The number of esters is 4. The van der Waals surface area contributed by atoms with Crippen LogP contribution in [0.25, 0.3) is 0 Å². The van der Waals surface area contributed by atoms with Crippen molar-refractivity contribution in [2.75, 3.05) is 39.6 Å². The van der Waals surface area contributed by atoms with Gasteiger partial charge in [-0.1, -0.05) is 215 Å². The van der Waals surface area contributed by atoms with Crippen molar-refractivity contribution in [2.24, 2.45) is 17.8 Å². The van der Waals surface area contributed by atoms with Gasteiger partial charge in [-0.15, -0.1) is 0 Å². The van der Waals surface area contributed by atoms with E-state index in [9.17, 15) is 43.2 Å². The topological polar surface area (TPSA) is 237 Å². The number of rotatable bonds is 55. The molecule has 0 bridgehead atoms. The minimum absolute atomic E-state index is 0.100. The van der Waals surface area contributed by atoms with Crippen molar-refractivity contribution in [3.8, 4) is 0 Å². The Bertz CT molecular complexity index is 1530. The zero-order chi connectivity index (χ0) is 56.7. The van der Waals surface area contributed by atoms with Crippen molar-refractivity contribution in [3.63, 3.8) is 0 Å². The highest BCUT2D eigenvalue weighted by Crippen LogP contribution is 2.45. The number of carbonyl (C=O) groups is 4. The van der Waals surface area contributed by atoms with Gasteiger partial charge in [0.1, 0.15) is 19.3 Å². The molecule has 0 rings (SSSR count). The molecule has 0 aliphatic carbocycles. The minimum Gasteiger partial charge on any atom is -0.462 e. The van der Waals surface area contributed by atoms with Gasteiger partial charge >= 0.3 is 39.5 Å². The van der Waals surface area contributed by atoms with Crippen molar-refractivity contribution in [1.29, 1.82) is 0 Å². The zero-order valence-electron chi connectivity index (χ0n) is 48.7. The fraction of sp³-hybridized carbons (Fsp3) is 0.930. The fourth-order valence-electron chi connectivity index (χ4n) is 8.24. The van der Waals surface area contributed by atoms with Gasteiger partial charge in [-0.2, -0.15) is 0 Å². The fourth-order valence-corrected chi connectivity index (χ4v) is 9.82. The van der Waals surface area contributed by atoms with E-state index in [1.54, 1.807) is 0 Å². The standard InChI is InChI=1S/C57H110O17P2/c1-8-9-10-21-31-38-54(59)67-44-52(74-57(62)41-34-27-20-19-24-30-37-50(6)7)46-71-75(63,64)69-42-51(58)43-70-76(65,66)72-47-53(45-68-55(60)39-32-25-18-14-16-23-29-36-49(4)5)73-56(61)40-33-26-17-13-11-12-15-22-28-35-48(2)3/h48-53,58H,8-47H2,1-7H3,(H,63,64)(H,65,66)/t51-,52+,53+/m0/s1. The first kappa shape index (κ1) is 74.1. The summed E-state index contributed by atoms with van der Waals surface area (Å²) in [6.07, 6.45) is 27.2. The quantitative estimate of drug-likeness (QED) is 0.0222. The van der Waals surface area contributed by atoms with Gasteiger partial charge in [0.05, 0.1) is 26.4 Å². The lowest BCUT2D eigenvalue weighted by Gasteiger charge is -2.21. The Morgan fingerprint density at radius 2 is 0.605 bits per heavy atom. The van der Waals surface area contributed by atoms with Gasteiger partial charge in [0.25, 0.3) is 0 Å². The van der Waals surface area contributed by atoms with Gasteiger partial charge in [0, 0.05) is 25.7 Å². The average Bonchev–Trinajstić information content (AvgIpc) is 3.35. The molecule has 19 heteroatoms. The molecule has 0 heterocycles. The summed E-state index contributed by atoms with van der Waals surface area (Å²) < 4.78 is 67.4. The highest BCUT2D eigenvalue weighted by Gasteiger charge is 2.30. The second kappa shape index (κ2) is 48.9. The molecule has 0 aromatic heterocycles. The molecule has 2 unspecified atom stereocenters.